The minimum atomic E-state index is -0.869. The van der Waals surface area contributed by atoms with Crippen molar-refractivity contribution < 1.29 is 18.3 Å². The van der Waals surface area contributed by atoms with Crippen molar-refractivity contribution in [3.05, 3.63) is 89.1 Å². The van der Waals surface area contributed by atoms with Gasteiger partial charge in [-0.25, -0.2) is 13.8 Å². The third kappa shape index (κ3) is 4.84. The summed E-state index contributed by atoms with van der Waals surface area (Å²) < 4.78 is 32.0. The summed E-state index contributed by atoms with van der Waals surface area (Å²) in [6.07, 6.45) is 0.694. The van der Waals surface area contributed by atoms with Crippen LogP contribution in [0.15, 0.2) is 66.9 Å². The molecule has 0 radical (unpaired) electrons. The van der Waals surface area contributed by atoms with E-state index in [2.05, 4.69) is 4.98 Å². The Morgan fingerprint density at radius 1 is 1.11 bits per heavy atom. The molecular weight excluding hydrogens is 386 g/mol. The van der Waals surface area contributed by atoms with Crippen LogP contribution in [0.5, 0.6) is 5.75 Å². The zero-order chi connectivity index (χ0) is 20.1. The van der Waals surface area contributed by atoms with Crippen molar-refractivity contribution in [1.29, 1.82) is 0 Å². The van der Waals surface area contributed by atoms with E-state index < -0.39 is 17.7 Å². The number of nitrogens with zero attached hydrogens (tertiary/aromatic N) is 2. The van der Waals surface area contributed by atoms with E-state index in [4.69, 9.17) is 16.3 Å². The first kappa shape index (κ1) is 19.8. The summed E-state index contributed by atoms with van der Waals surface area (Å²) in [5.74, 6) is -0.459. The van der Waals surface area contributed by atoms with Gasteiger partial charge in [0, 0.05) is 11.2 Å². The van der Waals surface area contributed by atoms with Gasteiger partial charge in [-0.05, 0) is 61.0 Å². The number of carbonyl (C=O) groups is 1. The lowest BCUT2D eigenvalue weighted by Gasteiger charge is -2.26. The van der Waals surface area contributed by atoms with Gasteiger partial charge in [0.25, 0.3) is 5.91 Å². The number of aromatic nitrogens is 1. The Morgan fingerprint density at radius 2 is 1.82 bits per heavy atom. The van der Waals surface area contributed by atoms with Gasteiger partial charge in [-0.1, -0.05) is 23.7 Å². The number of rotatable bonds is 6. The van der Waals surface area contributed by atoms with Crippen molar-refractivity contribution in [1.82, 2.24) is 4.98 Å². The number of amides is 1. The van der Waals surface area contributed by atoms with Gasteiger partial charge >= 0.3 is 0 Å². The highest BCUT2D eigenvalue weighted by molar-refractivity contribution is 6.31. The van der Waals surface area contributed by atoms with Gasteiger partial charge in [0.05, 0.1) is 6.54 Å². The molecule has 0 aliphatic carbocycles. The van der Waals surface area contributed by atoms with E-state index in [0.29, 0.717) is 17.1 Å². The number of hydrogen-bond acceptors (Lipinski definition) is 3. The molecule has 0 saturated heterocycles. The largest absolute Gasteiger partial charge is 0.481 e. The Hall–Kier alpha value is -2.99. The number of anilines is 1. The molecule has 7 heteroatoms. The van der Waals surface area contributed by atoms with Crippen LogP contribution in [0.1, 0.15) is 12.5 Å². The number of halogens is 3. The SMILES string of the molecule is C[C@H](Oc1ccc(F)cc1)C(=O)N(Cc1ccc(F)cc1Cl)c1ccccn1. The van der Waals surface area contributed by atoms with E-state index in [1.807, 2.05) is 0 Å². The Morgan fingerprint density at radius 3 is 2.46 bits per heavy atom. The first-order valence-corrected chi connectivity index (χ1v) is 8.90. The van der Waals surface area contributed by atoms with Crippen molar-refractivity contribution >= 4 is 23.3 Å². The molecule has 3 rings (SSSR count). The lowest BCUT2D eigenvalue weighted by atomic mass is 10.2. The second-order valence-corrected chi connectivity index (χ2v) is 6.47. The first-order chi connectivity index (χ1) is 13.4. The molecule has 0 aliphatic heterocycles. The maximum Gasteiger partial charge on any atom is 0.269 e. The molecule has 0 unspecified atom stereocenters. The Kier molecular flexibility index (Phi) is 6.21. The van der Waals surface area contributed by atoms with Gasteiger partial charge in [-0.15, -0.1) is 0 Å². The van der Waals surface area contributed by atoms with Crippen LogP contribution in [0.4, 0.5) is 14.6 Å². The summed E-state index contributed by atoms with van der Waals surface area (Å²) in [6.45, 7) is 1.68. The molecule has 0 fully saturated rings. The van der Waals surface area contributed by atoms with E-state index in [1.165, 1.54) is 47.4 Å². The average Bonchev–Trinajstić information content (AvgIpc) is 2.69. The summed E-state index contributed by atoms with van der Waals surface area (Å²) >= 11 is 6.12. The van der Waals surface area contributed by atoms with Crippen LogP contribution in [-0.2, 0) is 11.3 Å². The zero-order valence-electron chi connectivity index (χ0n) is 15.0. The summed E-state index contributed by atoms with van der Waals surface area (Å²) in [5, 5.41) is 0.209. The van der Waals surface area contributed by atoms with E-state index in [9.17, 15) is 13.6 Å². The van der Waals surface area contributed by atoms with Gasteiger partial charge in [0.15, 0.2) is 6.10 Å². The van der Waals surface area contributed by atoms with Crippen molar-refractivity contribution in [3.63, 3.8) is 0 Å². The van der Waals surface area contributed by atoms with Crippen molar-refractivity contribution in [2.24, 2.45) is 0 Å². The molecule has 3 aromatic rings. The normalized spacial score (nSPS) is 11.7. The maximum absolute atomic E-state index is 13.3. The molecule has 0 spiro atoms. The van der Waals surface area contributed by atoms with Crippen molar-refractivity contribution in [2.45, 2.75) is 19.6 Å². The van der Waals surface area contributed by atoms with E-state index in [0.717, 1.165) is 0 Å². The summed E-state index contributed by atoms with van der Waals surface area (Å²) in [5.41, 5.74) is 0.566. The van der Waals surface area contributed by atoms with Gasteiger partial charge < -0.3 is 4.74 Å². The molecule has 1 heterocycles. The molecule has 1 atom stereocenters. The molecule has 0 bridgehead atoms. The molecule has 28 heavy (non-hydrogen) atoms. The van der Waals surface area contributed by atoms with Crippen LogP contribution in [0.2, 0.25) is 5.02 Å². The van der Waals surface area contributed by atoms with Crippen LogP contribution in [0, 0.1) is 11.6 Å². The lowest BCUT2D eigenvalue weighted by Crippen LogP contribution is -2.40. The number of ether oxygens (including phenoxy) is 1. The van der Waals surface area contributed by atoms with Crippen molar-refractivity contribution in [3.8, 4) is 5.75 Å². The fraction of sp³-hybridized carbons (Fsp3) is 0.143. The van der Waals surface area contributed by atoms with Gasteiger partial charge in [0.2, 0.25) is 0 Å². The molecular formula is C21H17ClF2N2O2. The van der Waals surface area contributed by atoms with E-state index >= 15 is 0 Å². The minimum Gasteiger partial charge on any atom is -0.481 e. The first-order valence-electron chi connectivity index (χ1n) is 8.52. The van der Waals surface area contributed by atoms with Gasteiger partial charge in [-0.2, -0.15) is 0 Å². The Balaban J connectivity index is 1.85. The zero-order valence-corrected chi connectivity index (χ0v) is 15.7. The summed E-state index contributed by atoms with van der Waals surface area (Å²) in [4.78, 5) is 18.7. The molecule has 1 aromatic heterocycles. The quantitative estimate of drug-likeness (QED) is 0.581. The highest BCUT2D eigenvalue weighted by Gasteiger charge is 2.25. The molecule has 1 amide bonds. The fourth-order valence-electron chi connectivity index (χ4n) is 2.59. The highest BCUT2D eigenvalue weighted by atomic mass is 35.5. The smallest absolute Gasteiger partial charge is 0.269 e. The molecule has 4 nitrogen and oxygen atoms in total. The van der Waals surface area contributed by atoms with E-state index in [-0.39, 0.29) is 17.5 Å². The molecule has 0 N–H and O–H groups in total. The number of pyridine rings is 1. The third-order valence-corrected chi connectivity index (χ3v) is 4.36. The topological polar surface area (TPSA) is 42.4 Å². The van der Waals surface area contributed by atoms with Crippen LogP contribution in [-0.4, -0.2) is 17.0 Å². The molecule has 2 aromatic carbocycles. The second-order valence-electron chi connectivity index (χ2n) is 6.06. The monoisotopic (exact) mass is 402 g/mol. The standard InChI is InChI=1S/C21H17ClF2N2O2/c1-14(28-18-9-7-16(23)8-10-18)21(27)26(20-4-2-3-11-25-20)13-15-5-6-17(24)12-19(15)22/h2-12,14H,13H2,1H3/t14-/m0/s1. The summed E-state index contributed by atoms with van der Waals surface area (Å²) in [7, 11) is 0. The van der Waals surface area contributed by atoms with Gasteiger partial charge in [0.1, 0.15) is 23.2 Å². The molecule has 0 saturated carbocycles. The maximum atomic E-state index is 13.3. The number of carbonyl (C=O) groups excluding carboxylic acids is 1. The van der Waals surface area contributed by atoms with Crippen LogP contribution >= 0.6 is 11.6 Å². The molecule has 0 aliphatic rings. The van der Waals surface area contributed by atoms with Gasteiger partial charge in [-0.3, -0.25) is 9.69 Å². The summed E-state index contributed by atoms with van der Waals surface area (Å²) in [6, 6.07) is 14.5. The predicted octanol–water partition coefficient (Wildman–Crippen LogP) is 5.01. The fourth-order valence-corrected chi connectivity index (χ4v) is 2.82. The minimum absolute atomic E-state index is 0.0894. The van der Waals surface area contributed by atoms with Crippen LogP contribution in [0.3, 0.4) is 0 Å². The average molecular weight is 403 g/mol. The molecule has 144 valence electrons. The Bertz CT molecular complexity index is 952. The second kappa shape index (κ2) is 8.80. The highest BCUT2D eigenvalue weighted by Crippen LogP contribution is 2.23. The van der Waals surface area contributed by atoms with E-state index in [1.54, 1.807) is 31.3 Å². The van der Waals surface area contributed by atoms with Crippen LogP contribution in [0.25, 0.3) is 0 Å². The number of benzene rings is 2. The third-order valence-electron chi connectivity index (χ3n) is 4.01. The van der Waals surface area contributed by atoms with Crippen LogP contribution < -0.4 is 9.64 Å². The number of hydrogen-bond donors (Lipinski definition) is 0. The lowest BCUT2D eigenvalue weighted by molar-refractivity contribution is -0.124. The Labute approximate surface area is 166 Å². The predicted molar refractivity (Wildman–Crippen MR) is 103 cm³/mol. The van der Waals surface area contributed by atoms with Crippen molar-refractivity contribution in [2.75, 3.05) is 4.90 Å².